The number of anilines is 3. The van der Waals surface area contributed by atoms with E-state index >= 15 is 0 Å². The van der Waals surface area contributed by atoms with E-state index in [1.54, 1.807) is 21.8 Å². The summed E-state index contributed by atoms with van der Waals surface area (Å²) in [5.41, 5.74) is 2.98. The highest BCUT2D eigenvalue weighted by molar-refractivity contribution is 8.00. The van der Waals surface area contributed by atoms with Crippen molar-refractivity contribution in [1.29, 1.82) is 0 Å². The van der Waals surface area contributed by atoms with Crippen molar-refractivity contribution in [2.75, 3.05) is 41.5 Å². The Balaban J connectivity index is 1.44. The van der Waals surface area contributed by atoms with E-state index < -0.39 is 0 Å². The van der Waals surface area contributed by atoms with Gasteiger partial charge in [-0.3, -0.25) is 9.59 Å². The predicted molar refractivity (Wildman–Crippen MR) is 120 cm³/mol. The van der Waals surface area contributed by atoms with Gasteiger partial charge in [0, 0.05) is 30.7 Å². The summed E-state index contributed by atoms with van der Waals surface area (Å²) in [4.78, 5) is 29.7. The highest BCUT2D eigenvalue weighted by Crippen LogP contribution is 2.34. The monoisotopic (exact) mass is 421 g/mol. The van der Waals surface area contributed by atoms with Gasteiger partial charge in [-0.25, -0.2) is 4.68 Å². The number of amides is 2. The van der Waals surface area contributed by atoms with Gasteiger partial charge in [-0.1, -0.05) is 24.3 Å². The molecule has 0 saturated heterocycles. The number of para-hydroxylation sites is 1. The molecule has 8 heteroatoms. The summed E-state index contributed by atoms with van der Waals surface area (Å²) < 4.78 is 1.74. The zero-order valence-electron chi connectivity index (χ0n) is 16.9. The molecule has 2 heterocycles. The van der Waals surface area contributed by atoms with E-state index in [-0.39, 0.29) is 18.4 Å². The minimum absolute atomic E-state index is 0.0287. The Kier molecular flexibility index (Phi) is 5.76. The molecule has 1 aliphatic heterocycles. The van der Waals surface area contributed by atoms with Crippen LogP contribution in [0.5, 0.6) is 0 Å². The van der Waals surface area contributed by atoms with E-state index in [1.807, 2.05) is 55.4 Å². The molecule has 7 nitrogen and oxygen atoms in total. The molecule has 30 heavy (non-hydrogen) atoms. The minimum Gasteiger partial charge on any atom is -0.378 e. The minimum atomic E-state index is -0.255. The first-order valence-corrected chi connectivity index (χ1v) is 10.6. The third kappa shape index (κ3) is 4.33. The molecule has 1 aliphatic rings. The van der Waals surface area contributed by atoms with Crippen LogP contribution in [0.15, 0.2) is 65.7 Å². The molecule has 1 aromatic heterocycles. The number of carbonyl (C=O) groups excluding carboxylic acids is 2. The molecule has 0 atom stereocenters. The lowest BCUT2D eigenvalue weighted by molar-refractivity contribution is -0.120. The summed E-state index contributed by atoms with van der Waals surface area (Å²) in [6.45, 7) is 0.511. The number of benzene rings is 2. The largest absolute Gasteiger partial charge is 0.378 e. The summed E-state index contributed by atoms with van der Waals surface area (Å²) >= 11 is 1.50. The van der Waals surface area contributed by atoms with Gasteiger partial charge in [0.15, 0.2) is 0 Å². The van der Waals surface area contributed by atoms with Gasteiger partial charge in [-0.2, -0.15) is 5.10 Å². The van der Waals surface area contributed by atoms with Gasteiger partial charge in [-0.15, -0.1) is 11.8 Å². The second kappa shape index (κ2) is 8.62. The van der Waals surface area contributed by atoms with E-state index in [9.17, 15) is 9.59 Å². The summed E-state index contributed by atoms with van der Waals surface area (Å²) in [7, 11) is 4.00. The molecule has 0 radical (unpaired) electrons. The molecule has 2 aromatic carbocycles. The first kappa shape index (κ1) is 20.0. The van der Waals surface area contributed by atoms with Crippen LogP contribution in [-0.4, -0.2) is 48.0 Å². The number of thioether (sulfide) groups is 1. The smallest absolute Gasteiger partial charge is 0.245 e. The average Bonchev–Trinajstić information content (AvgIpc) is 3.17. The standard InChI is InChI=1S/C22H23N5O2S/c1-25(2)17-9-7-16(8-10-17)13-27-20(11-12-23-27)24-21(28)14-26-18-5-3-4-6-19(18)30-15-22(26)29/h3-12H,13-15H2,1-2H3,(H,24,28). The number of nitrogens with zero attached hydrogens (tertiary/aromatic N) is 4. The third-order valence-corrected chi connectivity index (χ3v) is 5.93. The quantitative estimate of drug-likeness (QED) is 0.662. The highest BCUT2D eigenvalue weighted by atomic mass is 32.2. The Morgan fingerprint density at radius 2 is 1.90 bits per heavy atom. The van der Waals surface area contributed by atoms with Crippen molar-refractivity contribution in [2.45, 2.75) is 11.4 Å². The Labute approximate surface area is 179 Å². The normalized spacial score (nSPS) is 13.1. The summed E-state index contributed by atoms with van der Waals surface area (Å²) in [6.07, 6.45) is 1.65. The highest BCUT2D eigenvalue weighted by Gasteiger charge is 2.26. The Morgan fingerprint density at radius 1 is 1.13 bits per heavy atom. The SMILES string of the molecule is CN(C)c1ccc(Cn2nccc2NC(=O)CN2C(=O)CSc3ccccc32)cc1. The van der Waals surface area contributed by atoms with Gasteiger partial charge in [0.05, 0.1) is 24.2 Å². The number of carbonyl (C=O) groups is 2. The topological polar surface area (TPSA) is 70.5 Å². The van der Waals surface area contributed by atoms with Crippen molar-refractivity contribution in [3.05, 3.63) is 66.4 Å². The second-order valence-electron chi connectivity index (χ2n) is 7.22. The molecule has 0 saturated carbocycles. The van der Waals surface area contributed by atoms with Crippen molar-refractivity contribution >= 4 is 40.8 Å². The molecule has 0 bridgehead atoms. The van der Waals surface area contributed by atoms with Gasteiger partial charge in [0.25, 0.3) is 0 Å². The lowest BCUT2D eigenvalue weighted by Gasteiger charge is -2.28. The average molecular weight is 422 g/mol. The fourth-order valence-electron chi connectivity index (χ4n) is 3.29. The number of hydrogen-bond acceptors (Lipinski definition) is 5. The van der Waals surface area contributed by atoms with Crippen LogP contribution in [0.3, 0.4) is 0 Å². The zero-order valence-corrected chi connectivity index (χ0v) is 17.7. The molecule has 0 spiro atoms. The predicted octanol–water partition coefficient (Wildman–Crippen LogP) is 3.07. The van der Waals surface area contributed by atoms with Crippen molar-refractivity contribution in [1.82, 2.24) is 9.78 Å². The van der Waals surface area contributed by atoms with Crippen LogP contribution in [0.1, 0.15) is 5.56 Å². The zero-order chi connectivity index (χ0) is 21.1. The molecule has 0 fully saturated rings. The molecule has 0 aliphatic carbocycles. The van der Waals surface area contributed by atoms with Crippen LogP contribution in [-0.2, 0) is 16.1 Å². The second-order valence-corrected chi connectivity index (χ2v) is 8.24. The van der Waals surface area contributed by atoms with Gasteiger partial charge in [0.2, 0.25) is 11.8 Å². The summed E-state index contributed by atoms with van der Waals surface area (Å²) in [5.74, 6) is 0.618. The number of aromatic nitrogens is 2. The fourth-order valence-corrected chi connectivity index (χ4v) is 4.23. The van der Waals surface area contributed by atoms with E-state index in [2.05, 4.69) is 22.5 Å². The van der Waals surface area contributed by atoms with Gasteiger partial charge in [-0.05, 0) is 29.8 Å². The van der Waals surface area contributed by atoms with E-state index in [0.29, 0.717) is 18.1 Å². The third-order valence-electron chi connectivity index (χ3n) is 4.88. The van der Waals surface area contributed by atoms with Crippen molar-refractivity contribution in [3.63, 3.8) is 0 Å². The Bertz CT molecular complexity index is 1060. The molecule has 2 amide bonds. The van der Waals surface area contributed by atoms with Gasteiger partial charge < -0.3 is 15.1 Å². The molecular weight excluding hydrogens is 398 g/mol. The maximum absolute atomic E-state index is 12.7. The van der Waals surface area contributed by atoms with E-state index in [0.717, 1.165) is 21.8 Å². The summed E-state index contributed by atoms with van der Waals surface area (Å²) in [6, 6.07) is 17.6. The Morgan fingerprint density at radius 3 is 2.67 bits per heavy atom. The maximum atomic E-state index is 12.7. The molecule has 4 rings (SSSR count). The first-order valence-electron chi connectivity index (χ1n) is 9.61. The number of fused-ring (bicyclic) bond motifs is 1. The Hall–Kier alpha value is -3.26. The lowest BCUT2D eigenvalue weighted by Crippen LogP contribution is -2.41. The fraction of sp³-hybridized carbons (Fsp3) is 0.227. The molecule has 1 N–H and O–H groups in total. The summed E-state index contributed by atoms with van der Waals surface area (Å²) in [5, 5.41) is 7.22. The van der Waals surface area contributed by atoms with Crippen LogP contribution in [0.2, 0.25) is 0 Å². The molecule has 3 aromatic rings. The van der Waals surface area contributed by atoms with Crippen LogP contribution in [0.4, 0.5) is 17.2 Å². The van der Waals surface area contributed by atoms with Crippen molar-refractivity contribution < 1.29 is 9.59 Å². The van der Waals surface area contributed by atoms with Crippen LogP contribution in [0.25, 0.3) is 0 Å². The van der Waals surface area contributed by atoms with Crippen LogP contribution >= 0.6 is 11.8 Å². The number of hydrogen-bond donors (Lipinski definition) is 1. The van der Waals surface area contributed by atoms with Crippen molar-refractivity contribution in [2.24, 2.45) is 0 Å². The van der Waals surface area contributed by atoms with Crippen LogP contribution < -0.4 is 15.1 Å². The van der Waals surface area contributed by atoms with E-state index in [4.69, 9.17) is 0 Å². The molecule has 0 unspecified atom stereocenters. The van der Waals surface area contributed by atoms with Gasteiger partial charge in [0.1, 0.15) is 12.4 Å². The van der Waals surface area contributed by atoms with Crippen molar-refractivity contribution in [3.8, 4) is 0 Å². The maximum Gasteiger partial charge on any atom is 0.245 e. The molecular formula is C22H23N5O2S. The first-order chi connectivity index (χ1) is 14.5. The van der Waals surface area contributed by atoms with E-state index in [1.165, 1.54) is 11.8 Å². The lowest BCUT2D eigenvalue weighted by atomic mass is 10.2. The molecule has 154 valence electrons. The number of rotatable bonds is 6. The number of nitrogens with one attached hydrogen (secondary N) is 1. The van der Waals surface area contributed by atoms with Gasteiger partial charge >= 0.3 is 0 Å². The van der Waals surface area contributed by atoms with Crippen LogP contribution in [0, 0.1) is 0 Å².